The van der Waals surface area contributed by atoms with Gasteiger partial charge in [-0.25, -0.2) is 4.98 Å². The third-order valence-corrected chi connectivity index (χ3v) is 6.42. The van der Waals surface area contributed by atoms with E-state index in [4.69, 9.17) is 32.9 Å². The lowest BCUT2D eigenvalue weighted by Crippen LogP contribution is -2.45. The van der Waals surface area contributed by atoms with Gasteiger partial charge in [0.1, 0.15) is 12.4 Å². The van der Waals surface area contributed by atoms with Crippen LogP contribution in [0.5, 0.6) is 0 Å². The number of hydrogen-bond acceptors (Lipinski definition) is 6. The maximum atomic E-state index is 12.1. The van der Waals surface area contributed by atoms with Crippen LogP contribution >= 0.6 is 23.2 Å². The number of aromatic nitrogens is 2. The van der Waals surface area contributed by atoms with Crippen molar-refractivity contribution in [2.75, 3.05) is 76.1 Å². The van der Waals surface area contributed by atoms with Crippen LogP contribution in [-0.4, -0.2) is 96.5 Å². The number of esters is 1. The van der Waals surface area contributed by atoms with Crippen molar-refractivity contribution >= 4 is 45.9 Å². The van der Waals surface area contributed by atoms with Crippen LogP contribution in [0.1, 0.15) is 18.7 Å². The summed E-state index contributed by atoms with van der Waals surface area (Å²) in [5, 5.41) is 0. The SMILES string of the molecule is CN1CCN(CCOC(=O)CCCc2nc3cc(N(CCCl)CCCl)ccc3n2C)CC1. The fourth-order valence-electron chi connectivity index (χ4n) is 4.06. The maximum Gasteiger partial charge on any atom is 0.305 e. The van der Waals surface area contributed by atoms with E-state index in [0.29, 0.717) is 24.8 Å². The van der Waals surface area contributed by atoms with Crippen LogP contribution in [-0.2, 0) is 23.0 Å². The number of halogens is 2. The summed E-state index contributed by atoms with van der Waals surface area (Å²) < 4.78 is 7.54. The molecule has 0 amide bonds. The Morgan fingerprint density at radius 1 is 1.12 bits per heavy atom. The van der Waals surface area contributed by atoms with Crippen molar-refractivity contribution in [3.8, 4) is 0 Å². The average Bonchev–Trinajstić information content (AvgIpc) is 3.10. The van der Waals surface area contributed by atoms with Crippen molar-refractivity contribution in [2.45, 2.75) is 19.3 Å². The molecular formula is C23H35Cl2N5O2. The van der Waals surface area contributed by atoms with E-state index in [-0.39, 0.29) is 5.97 Å². The second-order valence-corrected chi connectivity index (χ2v) is 9.10. The molecule has 0 radical (unpaired) electrons. The smallest absolute Gasteiger partial charge is 0.305 e. The predicted octanol–water partition coefficient (Wildman–Crippen LogP) is 2.97. The Balaban J connectivity index is 1.47. The van der Waals surface area contributed by atoms with E-state index in [1.807, 2.05) is 7.05 Å². The van der Waals surface area contributed by atoms with Gasteiger partial charge in [0.25, 0.3) is 0 Å². The molecule has 32 heavy (non-hydrogen) atoms. The summed E-state index contributed by atoms with van der Waals surface area (Å²) in [5.74, 6) is 1.95. The Kier molecular flexibility index (Phi) is 9.91. The summed E-state index contributed by atoms with van der Waals surface area (Å²) in [6, 6.07) is 6.26. The highest BCUT2D eigenvalue weighted by Crippen LogP contribution is 2.23. The van der Waals surface area contributed by atoms with Crippen LogP contribution < -0.4 is 4.90 Å². The molecular weight excluding hydrogens is 449 g/mol. The Morgan fingerprint density at radius 2 is 1.84 bits per heavy atom. The zero-order valence-corrected chi connectivity index (χ0v) is 20.7. The van der Waals surface area contributed by atoms with Crippen molar-refractivity contribution in [1.29, 1.82) is 0 Å². The number of hydrogen-bond donors (Lipinski definition) is 0. The standard InChI is InChI=1S/C23H35Cl2N5O2/c1-27-12-14-29(15-13-27)16-17-32-23(31)5-3-4-22-26-20-18-19(6-7-21(20)28(22)2)30(10-8-24)11-9-25/h6-7,18H,3-5,8-17H2,1-2H3. The molecule has 1 aromatic heterocycles. The Hall–Kier alpha value is -1.54. The minimum atomic E-state index is -0.127. The maximum absolute atomic E-state index is 12.1. The molecule has 0 N–H and O–H groups in total. The van der Waals surface area contributed by atoms with Gasteiger partial charge in [0.2, 0.25) is 0 Å². The van der Waals surface area contributed by atoms with Crippen LogP contribution in [0, 0.1) is 0 Å². The Morgan fingerprint density at radius 3 is 2.53 bits per heavy atom. The number of anilines is 1. The predicted molar refractivity (Wildman–Crippen MR) is 132 cm³/mol. The quantitative estimate of drug-likeness (QED) is 0.341. The number of nitrogens with zero attached hydrogens (tertiary/aromatic N) is 5. The molecule has 2 heterocycles. The molecule has 0 spiro atoms. The van der Waals surface area contributed by atoms with E-state index in [2.05, 4.69) is 44.5 Å². The van der Waals surface area contributed by atoms with E-state index in [9.17, 15) is 4.79 Å². The molecule has 0 unspecified atom stereocenters. The lowest BCUT2D eigenvalue weighted by atomic mass is 10.2. The minimum Gasteiger partial charge on any atom is -0.464 e. The zero-order valence-electron chi connectivity index (χ0n) is 19.2. The van der Waals surface area contributed by atoms with Crippen molar-refractivity contribution in [3.05, 3.63) is 24.0 Å². The summed E-state index contributed by atoms with van der Waals surface area (Å²) in [5.41, 5.74) is 3.10. The Bertz CT molecular complexity index is 861. The molecule has 0 bridgehead atoms. The minimum absolute atomic E-state index is 0.127. The third kappa shape index (κ3) is 6.98. The molecule has 0 saturated carbocycles. The molecule has 1 aliphatic heterocycles. The van der Waals surface area contributed by atoms with Gasteiger partial charge in [-0.3, -0.25) is 9.69 Å². The number of alkyl halides is 2. The summed E-state index contributed by atoms with van der Waals surface area (Å²) in [6.07, 6.45) is 1.87. The summed E-state index contributed by atoms with van der Waals surface area (Å²) in [7, 11) is 4.16. The first-order valence-corrected chi connectivity index (χ1v) is 12.5. The van der Waals surface area contributed by atoms with Gasteiger partial charge in [0.15, 0.2) is 0 Å². The van der Waals surface area contributed by atoms with Crippen LogP contribution in [0.25, 0.3) is 11.0 Å². The molecule has 0 aliphatic carbocycles. The number of likely N-dealkylation sites (N-methyl/N-ethyl adjacent to an activating group) is 1. The molecule has 1 fully saturated rings. The summed E-state index contributed by atoms with van der Waals surface area (Å²) >= 11 is 11.9. The van der Waals surface area contributed by atoms with Gasteiger partial charge in [-0.05, 0) is 31.7 Å². The molecule has 2 aromatic rings. The highest BCUT2D eigenvalue weighted by molar-refractivity contribution is 6.18. The topological polar surface area (TPSA) is 53.8 Å². The number of piperazine rings is 1. The number of imidazole rings is 1. The molecule has 1 saturated heterocycles. The highest BCUT2D eigenvalue weighted by atomic mass is 35.5. The molecule has 7 nitrogen and oxygen atoms in total. The first-order chi connectivity index (χ1) is 15.5. The van der Waals surface area contributed by atoms with Crippen molar-refractivity contribution in [1.82, 2.24) is 19.4 Å². The normalized spacial score (nSPS) is 15.4. The molecule has 1 aliphatic rings. The Labute approximate surface area is 201 Å². The first-order valence-electron chi connectivity index (χ1n) is 11.4. The average molecular weight is 484 g/mol. The number of carbonyl (C=O) groups is 1. The summed E-state index contributed by atoms with van der Waals surface area (Å²) in [6.45, 7) is 7.01. The molecule has 178 valence electrons. The molecule has 3 rings (SSSR count). The third-order valence-electron chi connectivity index (χ3n) is 6.08. The number of ether oxygens (including phenoxy) is 1. The van der Waals surface area contributed by atoms with Crippen LogP contribution in [0.4, 0.5) is 5.69 Å². The number of rotatable bonds is 12. The van der Waals surface area contributed by atoms with Crippen molar-refractivity contribution in [2.24, 2.45) is 7.05 Å². The lowest BCUT2D eigenvalue weighted by Gasteiger charge is -2.32. The van der Waals surface area contributed by atoms with Crippen LogP contribution in [0.3, 0.4) is 0 Å². The number of carbonyl (C=O) groups excluding carboxylic acids is 1. The second kappa shape index (κ2) is 12.6. The summed E-state index contributed by atoms with van der Waals surface area (Å²) in [4.78, 5) is 23.8. The van der Waals surface area contributed by atoms with E-state index in [1.54, 1.807) is 0 Å². The first kappa shape index (κ1) is 25.1. The van der Waals surface area contributed by atoms with Crippen LogP contribution in [0.15, 0.2) is 18.2 Å². The fourth-order valence-corrected chi connectivity index (χ4v) is 4.46. The van der Waals surface area contributed by atoms with Gasteiger partial charge in [-0.2, -0.15) is 0 Å². The van der Waals surface area contributed by atoms with E-state index in [0.717, 1.165) is 81.2 Å². The highest BCUT2D eigenvalue weighted by Gasteiger charge is 2.15. The van der Waals surface area contributed by atoms with Gasteiger partial charge < -0.3 is 19.1 Å². The number of aryl methyl sites for hydroxylation is 2. The molecule has 1 aromatic carbocycles. The van der Waals surface area contributed by atoms with Crippen molar-refractivity contribution < 1.29 is 9.53 Å². The van der Waals surface area contributed by atoms with Gasteiger partial charge in [0.05, 0.1) is 11.0 Å². The van der Waals surface area contributed by atoms with Gasteiger partial charge >= 0.3 is 5.97 Å². The van der Waals surface area contributed by atoms with Crippen molar-refractivity contribution in [3.63, 3.8) is 0 Å². The molecule has 9 heteroatoms. The van der Waals surface area contributed by atoms with Crippen LogP contribution in [0.2, 0.25) is 0 Å². The van der Waals surface area contributed by atoms with Gasteiger partial charge in [-0.15, -0.1) is 23.2 Å². The molecule has 0 atom stereocenters. The van der Waals surface area contributed by atoms with Gasteiger partial charge in [0, 0.05) is 83.2 Å². The van der Waals surface area contributed by atoms with E-state index in [1.165, 1.54) is 0 Å². The number of fused-ring (bicyclic) bond motifs is 1. The monoisotopic (exact) mass is 483 g/mol. The fraction of sp³-hybridized carbons (Fsp3) is 0.652. The van der Waals surface area contributed by atoms with E-state index < -0.39 is 0 Å². The second-order valence-electron chi connectivity index (χ2n) is 8.34. The zero-order chi connectivity index (χ0) is 22.9. The van der Waals surface area contributed by atoms with E-state index >= 15 is 0 Å². The largest absolute Gasteiger partial charge is 0.464 e. The lowest BCUT2D eigenvalue weighted by molar-refractivity contribution is -0.144. The van der Waals surface area contributed by atoms with Gasteiger partial charge in [-0.1, -0.05) is 0 Å². The number of benzene rings is 1.